The fourth-order valence-electron chi connectivity index (χ4n) is 3.68. The molecule has 1 N–H and O–H groups in total. The van der Waals surface area contributed by atoms with Gasteiger partial charge < -0.3 is 19.7 Å². The van der Waals surface area contributed by atoms with E-state index in [2.05, 4.69) is 29.1 Å². The van der Waals surface area contributed by atoms with Crippen molar-refractivity contribution < 1.29 is 19.1 Å². The number of nitrogens with zero attached hydrogens (tertiary/aromatic N) is 3. The van der Waals surface area contributed by atoms with Crippen LogP contribution >= 0.6 is 0 Å². The first-order valence-electron chi connectivity index (χ1n) is 10.7. The number of carbonyl (C=O) groups is 2. The molecule has 1 aromatic carbocycles. The van der Waals surface area contributed by atoms with Gasteiger partial charge in [-0.2, -0.15) is 0 Å². The van der Waals surface area contributed by atoms with E-state index in [1.165, 1.54) is 12.4 Å². The number of anilines is 1. The average Bonchev–Trinajstić information content (AvgIpc) is 2.79. The molecule has 31 heavy (non-hydrogen) atoms. The van der Waals surface area contributed by atoms with Gasteiger partial charge in [-0.05, 0) is 31.2 Å². The van der Waals surface area contributed by atoms with Gasteiger partial charge in [0.25, 0.3) is 0 Å². The normalized spacial score (nSPS) is 15.4. The van der Waals surface area contributed by atoms with Gasteiger partial charge in [0, 0.05) is 31.0 Å². The highest BCUT2D eigenvalue weighted by Crippen LogP contribution is 2.33. The molecular weight excluding hydrogens is 396 g/mol. The third kappa shape index (κ3) is 5.71. The summed E-state index contributed by atoms with van der Waals surface area (Å²) in [6.45, 7) is 7.78. The molecule has 1 saturated heterocycles. The number of piperidine rings is 1. The van der Waals surface area contributed by atoms with E-state index in [0.717, 1.165) is 18.4 Å². The molecule has 1 fully saturated rings. The maximum atomic E-state index is 12.5. The van der Waals surface area contributed by atoms with Crippen LogP contribution in [0.1, 0.15) is 49.5 Å². The number of nitrogens with one attached hydrogen (secondary N) is 1. The van der Waals surface area contributed by atoms with E-state index in [4.69, 9.17) is 9.47 Å². The van der Waals surface area contributed by atoms with Gasteiger partial charge in [-0.25, -0.2) is 19.6 Å². The maximum Gasteiger partial charge on any atom is 0.410 e. The number of rotatable bonds is 7. The fourth-order valence-corrected chi connectivity index (χ4v) is 3.68. The standard InChI is InChI=1S/C23H30N4O4/c1-4-30-20(28)19-14-24-21(25-15-19)26-23(17(2)3)10-12-27(13-11-23)22(29)31-16-18-8-6-5-7-9-18/h5-9,14-15,17H,4,10-13,16H2,1-3H3,(H,24,25,26). The number of esters is 1. The Kier molecular flexibility index (Phi) is 7.44. The summed E-state index contributed by atoms with van der Waals surface area (Å²) < 4.78 is 10.4. The number of aromatic nitrogens is 2. The molecule has 166 valence electrons. The Morgan fingerprint density at radius 3 is 2.32 bits per heavy atom. The van der Waals surface area contributed by atoms with E-state index in [-0.39, 0.29) is 18.2 Å². The Hall–Kier alpha value is -3.16. The van der Waals surface area contributed by atoms with Gasteiger partial charge in [-0.3, -0.25) is 0 Å². The zero-order valence-corrected chi connectivity index (χ0v) is 18.3. The molecule has 0 spiro atoms. The Morgan fingerprint density at radius 2 is 1.74 bits per heavy atom. The predicted molar refractivity (Wildman–Crippen MR) is 117 cm³/mol. The van der Waals surface area contributed by atoms with Crippen molar-refractivity contribution in [3.8, 4) is 0 Å². The minimum atomic E-state index is -0.435. The van der Waals surface area contributed by atoms with Crippen LogP contribution in [-0.2, 0) is 16.1 Å². The molecule has 1 aliphatic heterocycles. The molecule has 2 heterocycles. The van der Waals surface area contributed by atoms with Crippen molar-refractivity contribution in [2.75, 3.05) is 25.0 Å². The lowest BCUT2D eigenvalue weighted by atomic mass is 9.78. The van der Waals surface area contributed by atoms with E-state index in [1.807, 2.05) is 30.3 Å². The Bertz CT molecular complexity index is 863. The summed E-state index contributed by atoms with van der Waals surface area (Å²) in [5, 5.41) is 3.46. The summed E-state index contributed by atoms with van der Waals surface area (Å²) in [6.07, 6.45) is 4.13. The van der Waals surface area contributed by atoms with Crippen LogP contribution in [0.15, 0.2) is 42.7 Å². The number of ether oxygens (including phenoxy) is 2. The summed E-state index contributed by atoms with van der Waals surface area (Å²) in [6, 6.07) is 9.65. The molecule has 0 saturated carbocycles. The predicted octanol–water partition coefficient (Wildman–Crippen LogP) is 3.89. The monoisotopic (exact) mass is 426 g/mol. The summed E-state index contributed by atoms with van der Waals surface area (Å²) in [5.41, 5.74) is 1.04. The topological polar surface area (TPSA) is 93.7 Å². The Morgan fingerprint density at radius 1 is 1.10 bits per heavy atom. The molecule has 1 amide bonds. The van der Waals surface area contributed by atoms with Crippen molar-refractivity contribution in [1.29, 1.82) is 0 Å². The van der Waals surface area contributed by atoms with Crippen molar-refractivity contribution in [3.05, 3.63) is 53.9 Å². The zero-order valence-electron chi connectivity index (χ0n) is 18.3. The molecule has 1 aromatic heterocycles. The smallest absolute Gasteiger partial charge is 0.410 e. The zero-order chi connectivity index (χ0) is 22.3. The van der Waals surface area contributed by atoms with Crippen LogP contribution in [0.25, 0.3) is 0 Å². The van der Waals surface area contributed by atoms with Gasteiger partial charge in [0.1, 0.15) is 6.61 Å². The van der Waals surface area contributed by atoms with Gasteiger partial charge in [-0.15, -0.1) is 0 Å². The summed E-state index contributed by atoms with van der Waals surface area (Å²) >= 11 is 0. The first-order valence-corrected chi connectivity index (χ1v) is 10.7. The fraction of sp³-hybridized carbons (Fsp3) is 0.478. The second-order valence-corrected chi connectivity index (χ2v) is 7.98. The van der Waals surface area contributed by atoms with Gasteiger partial charge in [-0.1, -0.05) is 44.2 Å². The summed E-state index contributed by atoms with van der Waals surface area (Å²) in [5.74, 6) is 0.320. The SMILES string of the molecule is CCOC(=O)c1cnc(NC2(C(C)C)CCN(C(=O)OCc3ccccc3)CC2)nc1. The second-order valence-electron chi connectivity index (χ2n) is 7.98. The van der Waals surface area contributed by atoms with Gasteiger partial charge in [0.15, 0.2) is 0 Å². The largest absolute Gasteiger partial charge is 0.462 e. The third-order valence-corrected chi connectivity index (χ3v) is 5.75. The van der Waals surface area contributed by atoms with E-state index in [0.29, 0.717) is 37.1 Å². The van der Waals surface area contributed by atoms with Crippen molar-refractivity contribution >= 4 is 18.0 Å². The second kappa shape index (κ2) is 10.2. The Labute approximate surface area is 183 Å². The molecule has 0 atom stereocenters. The molecule has 0 radical (unpaired) electrons. The first-order chi connectivity index (χ1) is 14.9. The Balaban J connectivity index is 1.57. The molecule has 0 bridgehead atoms. The third-order valence-electron chi connectivity index (χ3n) is 5.75. The van der Waals surface area contributed by atoms with Crippen molar-refractivity contribution in [2.24, 2.45) is 5.92 Å². The lowest BCUT2D eigenvalue weighted by Gasteiger charge is -2.44. The lowest BCUT2D eigenvalue weighted by molar-refractivity contribution is 0.0525. The first kappa shape index (κ1) is 22.5. The number of carbonyl (C=O) groups excluding carboxylic acids is 2. The molecule has 8 nitrogen and oxygen atoms in total. The van der Waals surface area contributed by atoms with E-state index < -0.39 is 5.97 Å². The van der Waals surface area contributed by atoms with Crippen molar-refractivity contribution in [1.82, 2.24) is 14.9 Å². The number of likely N-dealkylation sites (tertiary alicyclic amines) is 1. The van der Waals surface area contributed by atoms with Crippen LogP contribution in [-0.4, -0.2) is 52.2 Å². The number of hydrogen-bond acceptors (Lipinski definition) is 7. The summed E-state index contributed by atoms with van der Waals surface area (Å²) in [7, 11) is 0. The molecule has 3 rings (SSSR count). The summed E-state index contributed by atoms with van der Waals surface area (Å²) in [4.78, 5) is 34.6. The molecular formula is C23H30N4O4. The van der Waals surface area contributed by atoms with Gasteiger partial charge in [0.05, 0.1) is 12.2 Å². The minimum absolute atomic E-state index is 0.248. The number of hydrogen-bond donors (Lipinski definition) is 1. The van der Waals surface area contributed by atoms with Gasteiger partial charge >= 0.3 is 12.1 Å². The quantitative estimate of drug-likeness (QED) is 0.671. The van der Waals surface area contributed by atoms with Crippen molar-refractivity contribution in [3.63, 3.8) is 0 Å². The van der Waals surface area contributed by atoms with Crippen LogP contribution in [0.3, 0.4) is 0 Å². The van der Waals surface area contributed by atoms with E-state index >= 15 is 0 Å². The molecule has 0 unspecified atom stereocenters. The van der Waals surface area contributed by atoms with Crippen LogP contribution in [0.5, 0.6) is 0 Å². The van der Waals surface area contributed by atoms with Crippen LogP contribution in [0.2, 0.25) is 0 Å². The maximum absolute atomic E-state index is 12.5. The van der Waals surface area contributed by atoms with Crippen molar-refractivity contribution in [2.45, 2.75) is 45.8 Å². The highest BCUT2D eigenvalue weighted by Gasteiger charge is 2.39. The molecule has 8 heteroatoms. The van der Waals surface area contributed by atoms with E-state index in [1.54, 1.807) is 11.8 Å². The minimum Gasteiger partial charge on any atom is -0.462 e. The highest BCUT2D eigenvalue weighted by atomic mass is 16.6. The average molecular weight is 427 g/mol. The highest BCUT2D eigenvalue weighted by molar-refractivity contribution is 5.88. The molecule has 0 aliphatic carbocycles. The molecule has 1 aliphatic rings. The van der Waals surface area contributed by atoms with E-state index in [9.17, 15) is 9.59 Å². The number of amides is 1. The van der Waals surface area contributed by atoms with Gasteiger partial charge in [0.2, 0.25) is 5.95 Å². The van der Waals surface area contributed by atoms with Crippen LogP contribution in [0.4, 0.5) is 10.7 Å². The lowest BCUT2D eigenvalue weighted by Crippen LogP contribution is -2.54. The van der Waals surface area contributed by atoms with Crippen LogP contribution < -0.4 is 5.32 Å². The van der Waals surface area contributed by atoms with Crippen LogP contribution in [0, 0.1) is 5.92 Å². The number of benzene rings is 1. The molecule has 2 aromatic rings.